The smallest absolute Gasteiger partial charge is 0.273 e. The van der Waals surface area contributed by atoms with Gasteiger partial charge in [0.15, 0.2) is 5.03 Å². The fourth-order valence-corrected chi connectivity index (χ4v) is 2.02. The van der Waals surface area contributed by atoms with Crippen LogP contribution in [-0.4, -0.2) is 31.4 Å². The van der Waals surface area contributed by atoms with Crippen LogP contribution < -0.4 is 0 Å². The molecule has 1 rings (SSSR count). The Kier molecular flexibility index (Phi) is 2.32. The van der Waals surface area contributed by atoms with Crippen LogP contribution in [0.5, 0.6) is 0 Å². The highest BCUT2D eigenvalue weighted by atomic mass is 33.2. The van der Waals surface area contributed by atoms with Crippen LogP contribution in [0.3, 0.4) is 0 Å². The van der Waals surface area contributed by atoms with Crippen molar-refractivity contribution in [3.63, 3.8) is 0 Å². The zero-order chi connectivity index (χ0) is 10.1. The molecule has 0 spiro atoms. The van der Waals surface area contributed by atoms with Gasteiger partial charge in [0.25, 0.3) is 0 Å². The van der Waals surface area contributed by atoms with Crippen molar-refractivity contribution in [2.45, 2.75) is 5.03 Å². The molecule has 0 amide bonds. The van der Waals surface area contributed by atoms with Gasteiger partial charge in [-0.25, -0.2) is 13.4 Å². The molecule has 0 atom stereocenters. The first kappa shape index (κ1) is 10.0. The van der Waals surface area contributed by atoms with Gasteiger partial charge in [-0.3, -0.25) is 9.54 Å². The lowest BCUT2D eigenvalue weighted by atomic mass is 10.8. The Hall–Kier alpha value is -1.06. The van der Waals surface area contributed by atoms with E-state index in [-0.39, 0.29) is 0 Å². The van der Waals surface area contributed by atoms with Gasteiger partial charge in [-0.05, 0) is 0 Å². The van der Waals surface area contributed by atoms with E-state index in [1.54, 1.807) is 0 Å². The van der Waals surface area contributed by atoms with E-state index < -0.39 is 23.0 Å². The van der Waals surface area contributed by atoms with Gasteiger partial charge in [0.05, 0.1) is 6.20 Å². The van der Waals surface area contributed by atoms with Crippen molar-refractivity contribution in [1.29, 1.82) is 0 Å². The Morgan fingerprint density at radius 3 is 2.15 bits per heavy atom. The molecule has 0 bridgehead atoms. The molecule has 0 saturated carbocycles. The molecule has 0 saturated heterocycles. The van der Waals surface area contributed by atoms with E-state index in [0.717, 1.165) is 12.4 Å². The van der Waals surface area contributed by atoms with Crippen LogP contribution in [0.4, 0.5) is 0 Å². The summed E-state index contributed by atoms with van der Waals surface area (Å²) in [5.74, 6) is 0. The van der Waals surface area contributed by atoms with Crippen molar-refractivity contribution < 1.29 is 21.4 Å². The van der Waals surface area contributed by atoms with E-state index in [0.29, 0.717) is 0 Å². The Balaban J connectivity index is 3.43. The maximum atomic E-state index is 10.9. The Labute approximate surface area is 73.5 Å². The second kappa shape index (κ2) is 3.01. The topological polar surface area (TPSA) is 114 Å². The van der Waals surface area contributed by atoms with Crippen molar-refractivity contribution in [3.8, 4) is 0 Å². The molecule has 9 heteroatoms. The van der Waals surface area contributed by atoms with Crippen LogP contribution in [0.1, 0.15) is 0 Å². The molecule has 1 heterocycles. The predicted octanol–water partition coefficient (Wildman–Crippen LogP) is -0.947. The standard InChI is InChI=1S/C4H4N2O5S2/c7-12(8,13(9,10)11)4-3-5-1-2-6-4/h1-3H,(H,9,10,11). The van der Waals surface area contributed by atoms with Gasteiger partial charge in [0.2, 0.25) is 0 Å². The second-order valence-electron chi connectivity index (χ2n) is 1.93. The van der Waals surface area contributed by atoms with Crippen LogP contribution in [0.15, 0.2) is 23.6 Å². The van der Waals surface area contributed by atoms with Crippen LogP contribution in [0.2, 0.25) is 0 Å². The molecule has 0 aromatic carbocycles. The maximum absolute atomic E-state index is 10.9. The molecule has 0 aliphatic heterocycles. The summed E-state index contributed by atoms with van der Waals surface area (Å²) >= 11 is 0. The zero-order valence-corrected chi connectivity index (χ0v) is 7.66. The van der Waals surface area contributed by atoms with Crippen molar-refractivity contribution in [1.82, 2.24) is 9.97 Å². The molecule has 1 aromatic heterocycles. The van der Waals surface area contributed by atoms with Gasteiger partial charge < -0.3 is 0 Å². The lowest BCUT2D eigenvalue weighted by Gasteiger charge is -1.96. The van der Waals surface area contributed by atoms with Gasteiger partial charge in [-0.2, -0.15) is 8.42 Å². The van der Waals surface area contributed by atoms with Crippen LogP contribution >= 0.6 is 0 Å². The highest BCUT2D eigenvalue weighted by Gasteiger charge is 2.31. The SMILES string of the molecule is O=S(=O)(O)S(=O)(=O)c1cnccn1. The number of hydrogen-bond donors (Lipinski definition) is 1. The summed E-state index contributed by atoms with van der Waals surface area (Å²) < 4.78 is 50.8. The van der Waals surface area contributed by atoms with E-state index in [2.05, 4.69) is 9.97 Å². The molecule has 0 aliphatic rings. The van der Waals surface area contributed by atoms with Gasteiger partial charge in [0.1, 0.15) is 0 Å². The maximum Gasteiger partial charge on any atom is 0.378 e. The Bertz CT molecular complexity index is 491. The zero-order valence-electron chi connectivity index (χ0n) is 6.02. The van der Waals surface area contributed by atoms with E-state index in [4.69, 9.17) is 4.55 Å². The van der Waals surface area contributed by atoms with E-state index in [9.17, 15) is 16.8 Å². The van der Waals surface area contributed by atoms with Crippen molar-refractivity contribution in [2.24, 2.45) is 0 Å². The summed E-state index contributed by atoms with van der Waals surface area (Å²) in [6, 6.07) is 0. The van der Waals surface area contributed by atoms with E-state index in [1.165, 1.54) is 6.20 Å². The molecule has 72 valence electrons. The minimum absolute atomic E-state index is 0.725. The number of aromatic nitrogens is 2. The molecule has 0 aliphatic carbocycles. The molecule has 0 unspecified atom stereocenters. The number of rotatable bonds is 2. The van der Waals surface area contributed by atoms with Gasteiger partial charge in [-0.1, -0.05) is 0 Å². The largest absolute Gasteiger partial charge is 0.378 e. The summed E-state index contributed by atoms with van der Waals surface area (Å²) in [5.41, 5.74) is 0. The van der Waals surface area contributed by atoms with Crippen molar-refractivity contribution in [3.05, 3.63) is 18.6 Å². The third kappa shape index (κ3) is 1.82. The van der Waals surface area contributed by atoms with Crippen LogP contribution in [0.25, 0.3) is 0 Å². The van der Waals surface area contributed by atoms with Crippen molar-refractivity contribution >= 4 is 18.0 Å². The Morgan fingerprint density at radius 2 is 1.77 bits per heavy atom. The van der Waals surface area contributed by atoms with Gasteiger partial charge >= 0.3 is 18.0 Å². The summed E-state index contributed by atoms with van der Waals surface area (Å²) in [6.07, 6.45) is 2.89. The molecule has 1 aromatic rings. The van der Waals surface area contributed by atoms with E-state index in [1.807, 2.05) is 0 Å². The minimum Gasteiger partial charge on any atom is -0.273 e. The quantitative estimate of drug-likeness (QED) is 0.508. The second-order valence-corrected chi connectivity index (χ2v) is 6.69. The summed E-state index contributed by atoms with van der Waals surface area (Å²) in [5, 5.41) is -0.808. The average molecular weight is 224 g/mol. The first-order valence-electron chi connectivity index (χ1n) is 2.84. The average Bonchev–Trinajstić information content (AvgIpc) is 2.04. The summed E-state index contributed by atoms with van der Waals surface area (Å²) in [7, 11) is -10.0. The highest BCUT2D eigenvalue weighted by molar-refractivity contribution is 8.64. The number of nitrogens with zero attached hydrogens (tertiary/aromatic N) is 2. The lowest BCUT2D eigenvalue weighted by Crippen LogP contribution is -2.15. The monoisotopic (exact) mass is 224 g/mol. The van der Waals surface area contributed by atoms with Crippen LogP contribution in [0, 0.1) is 0 Å². The van der Waals surface area contributed by atoms with Gasteiger partial charge in [-0.15, -0.1) is 0 Å². The Morgan fingerprint density at radius 1 is 1.15 bits per heavy atom. The normalized spacial score (nSPS) is 12.7. The fourth-order valence-electron chi connectivity index (χ4n) is 0.522. The minimum atomic E-state index is -5.19. The molecule has 0 radical (unpaired) electrons. The predicted molar refractivity (Wildman–Crippen MR) is 40.8 cm³/mol. The molecule has 7 nitrogen and oxygen atoms in total. The molecule has 13 heavy (non-hydrogen) atoms. The van der Waals surface area contributed by atoms with Crippen LogP contribution in [-0.2, 0) is 18.0 Å². The first-order valence-corrected chi connectivity index (χ1v) is 6.28. The lowest BCUT2D eigenvalue weighted by molar-refractivity contribution is 0.492. The van der Waals surface area contributed by atoms with Gasteiger partial charge in [0, 0.05) is 12.4 Å². The summed E-state index contributed by atoms with van der Waals surface area (Å²) in [6.45, 7) is 0. The molecule has 1 N–H and O–H groups in total. The molecule has 0 fully saturated rings. The first-order chi connectivity index (χ1) is 5.86. The highest BCUT2D eigenvalue weighted by Crippen LogP contribution is 2.10. The molecular formula is C4H4N2O5S2. The fraction of sp³-hybridized carbons (Fsp3) is 0. The summed E-state index contributed by atoms with van der Waals surface area (Å²) in [4.78, 5) is 6.57. The third-order valence-corrected chi connectivity index (χ3v) is 4.53. The van der Waals surface area contributed by atoms with Crippen molar-refractivity contribution in [2.75, 3.05) is 0 Å². The third-order valence-electron chi connectivity index (χ3n) is 1.07. The van der Waals surface area contributed by atoms with E-state index >= 15 is 0 Å². The number of hydrogen-bond acceptors (Lipinski definition) is 6. The molecular weight excluding hydrogens is 220 g/mol.